The van der Waals surface area contributed by atoms with E-state index in [1.165, 1.54) is 24.3 Å². The zero-order valence-corrected chi connectivity index (χ0v) is 10.9. The molecule has 1 aromatic carbocycles. The summed E-state index contributed by atoms with van der Waals surface area (Å²) in [6.45, 7) is 1.29. The van der Waals surface area contributed by atoms with Crippen LogP contribution in [0.2, 0.25) is 0 Å². The maximum absolute atomic E-state index is 11.2. The van der Waals surface area contributed by atoms with Gasteiger partial charge in [-0.15, -0.1) is 0 Å². The molecule has 0 radical (unpaired) electrons. The molecule has 0 fully saturated rings. The highest BCUT2D eigenvalue weighted by Crippen LogP contribution is 2.20. The Morgan fingerprint density at radius 2 is 2.05 bits per heavy atom. The van der Waals surface area contributed by atoms with Gasteiger partial charge in [0.05, 0.1) is 24.2 Å². The molecule has 0 aliphatic carbocycles. The van der Waals surface area contributed by atoms with Crippen molar-refractivity contribution in [2.75, 3.05) is 13.2 Å². The molecule has 0 aromatic heterocycles. The molecule has 0 aliphatic heterocycles. The predicted molar refractivity (Wildman–Crippen MR) is 69.1 cm³/mol. The average molecular weight is 284 g/mol. The van der Waals surface area contributed by atoms with Crippen molar-refractivity contribution in [1.82, 2.24) is 5.32 Å². The number of non-ortho nitro benzene ring substituents is 1. The van der Waals surface area contributed by atoms with E-state index in [4.69, 9.17) is 0 Å². The molecule has 110 valence electrons. The normalized spacial score (nSPS) is 13.3. The molecule has 0 heterocycles. The van der Waals surface area contributed by atoms with Crippen LogP contribution in [0.1, 0.15) is 18.6 Å². The number of nitrogens with one attached hydrogen (secondary N) is 1. The van der Waals surface area contributed by atoms with Gasteiger partial charge in [-0.05, 0) is 24.6 Å². The topological polar surface area (TPSA) is 122 Å². The lowest BCUT2D eigenvalue weighted by Gasteiger charge is -2.22. The summed E-state index contributed by atoms with van der Waals surface area (Å²) < 4.78 is 4.65. The molecule has 2 atom stereocenters. The number of aliphatic hydroxyl groups excluding tert-OH is 2. The van der Waals surface area contributed by atoms with E-state index >= 15 is 0 Å². The minimum Gasteiger partial charge on any atom is -0.450 e. The molecule has 8 nitrogen and oxygen atoms in total. The number of carbonyl (C=O) groups is 1. The fraction of sp³-hybridized carbons (Fsp3) is 0.417. The lowest BCUT2D eigenvalue weighted by molar-refractivity contribution is -0.384. The van der Waals surface area contributed by atoms with E-state index in [0.717, 1.165) is 0 Å². The highest BCUT2D eigenvalue weighted by atomic mass is 16.6. The van der Waals surface area contributed by atoms with Gasteiger partial charge in [-0.3, -0.25) is 10.1 Å². The minimum atomic E-state index is -1.20. The van der Waals surface area contributed by atoms with Gasteiger partial charge in [0.2, 0.25) is 0 Å². The zero-order valence-electron chi connectivity index (χ0n) is 10.9. The summed E-state index contributed by atoms with van der Waals surface area (Å²) in [5.74, 6) is 0. The highest BCUT2D eigenvalue weighted by Gasteiger charge is 2.23. The van der Waals surface area contributed by atoms with E-state index in [2.05, 4.69) is 10.1 Å². The first kappa shape index (κ1) is 15.9. The van der Waals surface area contributed by atoms with E-state index in [1.807, 2.05) is 0 Å². The van der Waals surface area contributed by atoms with Gasteiger partial charge in [-0.1, -0.05) is 0 Å². The van der Waals surface area contributed by atoms with Gasteiger partial charge in [-0.25, -0.2) is 4.79 Å². The number of nitro benzene ring substituents is 1. The smallest absolute Gasteiger partial charge is 0.407 e. The van der Waals surface area contributed by atoms with Crippen molar-refractivity contribution in [3.8, 4) is 0 Å². The number of aliphatic hydroxyl groups is 2. The van der Waals surface area contributed by atoms with Crippen molar-refractivity contribution < 1.29 is 24.7 Å². The van der Waals surface area contributed by atoms with Crippen LogP contribution in [0.15, 0.2) is 24.3 Å². The van der Waals surface area contributed by atoms with Crippen molar-refractivity contribution in [2.24, 2.45) is 0 Å². The third kappa shape index (κ3) is 4.18. The van der Waals surface area contributed by atoms with Gasteiger partial charge in [-0.2, -0.15) is 0 Å². The molecular weight excluding hydrogens is 268 g/mol. The third-order valence-electron chi connectivity index (χ3n) is 2.60. The van der Waals surface area contributed by atoms with Gasteiger partial charge >= 0.3 is 6.09 Å². The van der Waals surface area contributed by atoms with E-state index in [9.17, 15) is 25.1 Å². The average Bonchev–Trinajstić information content (AvgIpc) is 2.44. The van der Waals surface area contributed by atoms with E-state index < -0.39 is 29.8 Å². The van der Waals surface area contributed by atoms with Crippen molar-refractivity contribution >= 4 is 11.8 Å². The second-order valence-corrected chi connectivity index (χ2v) is 3.95. The zero-order chi connectivity index (χ0) is 15.1. The summed E-state index contributed by atoms with van der Waals surface area (Å²) in [7, 11) is 0. The number of alkyl carbamates (subject to hydrolysis) is 1. The number of nitro groups is 1. The Balaban J connectivity index is 2.77. The Kier molecular flexibility index (Phi) is 5.88. The quantitative estimate of drug-likeness (QED) is 0.523. The molecule has 1 amide bonds. The maximum atomic E-state index is 11.2. The number of carbonyl (C=O) groups excluding carboxylic acids is 1. The summed E-state index contributed by atoms with van der Waals surface area (Å²) >= 11 is 0. The number of benzene rings is 1. The summed E-state index contributed by atoms with van der Waals surface area (Å²) in [6.07, 6.45) is -1.96. The fourth-order valence-electron chi connectivity index (χ4n) is 1.57. The molecule has 20 heavy (non-hydrogen) atoms. The fourth-order valence-corrected chi connectivity index (χ4v) is 1.57. The van der Waals surface area contributed by atoms with Crippen LogP contribution in [0.25, 0.3) is 0 Å². The molecule has 3 N–H and O–H groups in total. The second-order valence-electron chi connectivity index (χ2n) is 3.95. The highest BCUT2D eigenvalue weighted by molar-refractivity contribution is 5.67. The molecule has 0 unspecified atom stereocenters. The number of hydrogen-bond donors (Lipinski definition) is 3. The summed E-state index contributed by atoms with van der Waals surface area (Å²) in [6, 6.07) is 4.22. The van der Waals surface area contributed by atoms with Crippen LogP contribution in [0.3, 0.4) is 0 Å². The molecule has 1 aromatic rings. The lowest BCUT2D eigenvalue weighted by Crippen LogP contribution is -2.42. The lowest BCUT2D eigenvalue weighted by atomic mass is 10.0. The first-order valence-corrected chi connectivity index (χ1v) is 5.96. The van der Waals surface area contributed by atoms with Crippen LogP contribution < -0.4 is 5.32 Å². The van der Waals surface area contributed by atoms with Gasteiger partial charge in [0.25, 0.3) is 5.69 Å². The molecular formula is C12H16N2O6. The maximum Gasteiger partial charge on any atom is 0.407 e. The Hall–Kier alpha value is -2.19. The number of nitrogens with zero attached hydrogens (tertiary/aromatic N) is 1. The van der Waals surface area contributed by atoms with Crippen LogP contribution in [0.4, 0.5) is 10.5 Å². The molecule has 0 spiro atoms. The molecule has 0 saturated heterocycles. The molecule has 0 saturated carbocycles. The predicted octanol–water partition coefficient (Wildman–Crippen LogP) is 0.735. The summed E-state index contributed by atoms with van der Waals surface area (Å²) in [4.78, 5) is 21.2. The Labute approximate surface area is 115 Å². The van der Waals surface area contributed by atoms with E-state index in [-0.39, 0.29) is 12.3 Å². The Morgan fingerprint density at radius 3 is 2.50 bits per heavy atom. The molecule has 8 heteroatoms. The van der Waals surface area contributed by atoms with Crippen molar-refractivity contribution in [3.63, 3.8) is 0 Å². The van der Waals surface area contributed by atoms with Crippen LogP contribution >= 0.6 is 0 Å². The van der Waals surface area contributed by atoms with Crippen molar-refractivity contribution in [3.05, 3.63) is 39.9 Å². The van der Waals surface area contributed by atoms with Crippen LogP contribution in [-0.2, 0) is 4.74 Å². The van der Waals surface area contributed by atoms with Crippen LogP contribution in [-0.4, -0.2) is 40.5 Å². The molecule has 1 rings (SSSR count). The second kappa shape index (κ2) is 7.41. The van der Waals surface area contributed by atoms with Crippen molar-refractivity contribution in [2.45, 2.75) is 19.1 Å². The monoisotopic (exact) mass is 284 g/mol. The van der Waals surface area contributed by atoms with Gasteiger partial charge < -0.3 is 20.3 Å². The largest absolute Gasteiger partial charge is 0.450 e. The first-order valence-electron chi connectivity index (χ1n) is 5.96. The van der Waals surface area contributed by atoms with Gasteiger partial charge in [0.1, 0.15) is 6.10 Å². The Bertz CT molecular complexity index is 462. The van der Waals surface area contributed by atoms with Gasteiger partial charge in [0, 0.05) is 12.1 Å². The molecule has 0 aliphatic rings. The first-order chi connectivity index (χ1) is 9.49. The summed E-state index contributed by atoms with van der Waals surface area (Å²) in [5, 5.41) is 32.0. The molecule has 0 bridgehead atoms. The van der Waals surface area contributed by atoms with Crippen molar-refractivity contribution in [1.29, 1.82) is 0 Å². The SMILES string of the molecule is CCOC(=O)N[C@H](CO)[C@H](O)c1ccc([N+](=O)[O-])cc1. The standard InChI is InChI=1S/C12H16N2O6/c1-2-20-12(17)13-10(7-15)11(16)8-3-5-9(6-4-8)14(18)19/h3-6,10-11,15-16H,2,7H2,1H3,(H,13,17)/t10-,11-/m1/s1. The van der Waals surface area contributed by atoms with Crippen LogP contribution in [0, 0.1) is 10.1 Å². The van der Waals surface area contributed by atoms with E-state index in [1.54, 1.807) is 6.92 Å². The number of ether oxygens (including phenoxy) is 1. The number of rotatable bonds is 6. The number of amides is 1. The Morgan fingerprint density at radius 1 is 1.45 bits per heavy atom. The minimum absolute atomic E-state index is 0.111. The van der Waals surface area contributed by atoms with Crippen LogP contribution in [0.5, 0.6) is 0 Å². The summed E-state index contributed by atoms with van der Waals surface area (Å²) in [5.41, 5.74) is 0.228. The number of hydrogen-bond acceptors (Lipinski definition) is 6. The third-order valence-corrected chi connectivity index (χ3v) is 2.60. The van der Waals surface area contributed by atoms with E-state index in [0.29, 0.717) is 5.56 Å². The van der Waals surface area contributed by atoms with Gasteiger partial charge in [0.15, 0.2) is 0 Å².